The van der Waals surface area contributed by atoms with Crippen molar-refractivity contribution >= 4 is 11.9 Å². The molecular weight excluding hydrogens is 338 g/mol. The number of aliphatic carboxylic acids is 1. The van der Waals surface area contributed by atoms with E-state index in [0.29, 0.717) is 18.4 Å². The quantitative estimate of drug-likeness (QED) is 0.843. The minimum absolute atomic E-state index is 0.191. The molecule has 0 saturated heterocycles. The van der Waals surface area contributed by atoms with E-state index >= 15 is 0 Å². The van der Waals surface area contributed by atoms with Gasteiger partial charge in [0.25, 0.3) is 5.91 Å². The maximum absolute atomic E-state index is 13.6. The van der Waals surface area contributed by atoms with Crippen molar-refractivity contribution in [3.05, 3.63) is 82.9 Å². The van der Waals surface area contributed by atoms with E-state index in [1.807, 2.05) is 61.5 Å². The number of allylic oxidation sites excluding steroid dienone is 1. The standard InChI is InChI=1S/C23H23NO3/c1-16-7-6-10-17(13-16)21(25)24(20-11-4-5-12-20)23(22(26)27)14-18-8-2-3-9-19(18)15-23/h2-4,6-11,13,20H,5,12,14-15H2,1H3,(H,26,27). The van der Waals surface area contributed by atoms with Gasteiger partial charge in [-0.15, -0.1) is 0 Å². The van der Waals surface area contributed by atoms with Gasteiger partial charge in [-0.2, -0.15) is 0 Å². The largest absolute Gasteiger partial charge is 0.479 e. The van der Waals surface area contributed by atoms with Crippen LogP contribution in [0.15, 0.2) is 60.7 Å². The number of rotatable bonds is 4. The molecule has 0 aromatic heterocycles. The summed E-state index contributed by atoms with van der Waals surface area (Å²) in [5, 5.41) is 10.3. The minimum atomic E-state index is -1.25. The Balaban J connectivity index is 1.81. The van der Waals surface area contributed by atoms with Gasteiger partial charge in [-0.3, -0.25) is 4.79 Å². The van der Waals surface area contributed by atoms with Gasteiger partial charge >= 0.3 is 5.97 Å². The van der Waals surface area contributed by atoms with Crippen molar-refractivity contribution in [3.8, 4) is 0 Å². The smallest absolute Gasteiger partial charge is 0.330 e. The summed E-state index contributed by atoms with van der Waals surface area (Å²) in [6.45, 7) is 1.94. The number of carboxylic acids is 1. The summed E-state index contributed by atoms with van der Waals surface area (Å²) in [5.41, 5.74) is 2.32. The Morgan fingerprint density at radius 3 is 2.33 bits per heavy atom. The molecule has 0 radical (unpaired) electrons. The van der Waals surface area contributed by atoms with Crippen LogP contribution in [-0.2, 0) is 17.6 Å². The maximum atomic E-state index is 13.6. The molecule has 2 aliphatic rings. The van der Waals surface area contributed by atoms with Crippen LogP contribution >= 0.6 is 0 Å². The van der Waals surface area contributed by atoms with Crippen LogP contribution in [0.1, 0.15) is 39.9 Å². The van der Waals surface area contributed by atoms with E-state index in [9.17, 15) is 14.7 Å². The van der Waals surface area contributed by atoms with Crippen LogP contribution in [0, 0.1) is 6.92 Å². The van der Waals surface area contributed by atoms with Crippen molar-refractivity contribution in [2.24, 2.45) is 0 Å². The molecule has 0 heterocycles. The number of aryl methyl sites for hydroxylation is 1. The minimum Gasteiger partial charge on any atom is -0.479 e. The third kappa shape index (κ3) is 2.95. The molecule has 138 valence electrons. The number of carbonyl (C=O) groups is 2. The molecule has 27 heavy (non-hydrogen) atoms. The first kappa shape index (κ1) is 17.5. The fourth-order valence-corrected chi connectivity index (χ4v) is 4.43. The molecule has 0 fully saturated rings. The molecule has 2 aromatic carbocycles. The Hall–Kier alpha value is -2.88. The highest BCUT2D eigenvalue weighted by molar-refractivity contribution is 5.99. The summed E-state index contributed by atoms with van der Waals surface area (Å²) in [6.07, 6.45) is 6.36. The number of carbonyl (C=O) groups excluding carboxylic acids is 1. The third-order valence-electron chi connectivity index (χ3n) is 5.75. The monoisotopic (exact) mass is 361 g/mol. The highest BCUT2D eigenvalue weighted by Crippen LogP contribution is 2.39. The molecule has 4 heteroatoms. The molecule has 0 bridgehead atoms. The number of amides is 1. The molecular formula is C23H23NO3. The second-order valence-corrected chi connectivity index (χ2v) is 7.58. The Bertz CT molecular complexity index is 906. The molecule has 2 aromatic rings. The van der Waals surface area contributed by atoms with E-state index in [4.69, 9.17) is 0 Å². The molecule has 0 spiro atoms. The Kier molecular flexibility index (Phi) is 4.34. The van der Waals surface area contributed by atoms with Gasteiger partial charge in [0.05, 0.1) is 6.04 Å². The highest BCUT2D eigenvalue weighted by atomic mass is 16.4. The van der Waals surface area contributed by atoms with Crippen molar-refractivity contribution in [1.29, 1.82) is 0 Å². The number of hydrogen-bond acceptors (Lipinski definition) is 2. The van der Waals surface area contributed by atoms with E-state index in [2.05, 4.69) is 0 Å². The lowest BCUT2D eigenvalue weighted by Crippen LogP contribution is -2.61. The van der Waals surface area contributed by atoms with Crippen LogP contribution in [0.2, 0.25) is 0 Å². The zero-order chi connectivity index (χ0) is 19.0. The zero-order valence-corrected chi connectivity index (χ0v) is 15.4. The van der Waals surface area contributed by atoms with Crippen molar-refractivity contribution in [2.75, 3.05) is 0 Å². The number of fused-ring (bicyclic) bond motifs is 1. The van der Waals surface area contributed by atoms with E-state index < -0.39 is 11.5 Å². The number of nitrogens with zero attached hydrogens (tertiary/aromatic N) is 1. The van der Waals surface area contributed by atoms with E-state index in [1.54, 1.807) is 11.0 Å². The van der Waals surface area contributed by atoms with Gasteiger partial charge < -0.3 is 10.0 Å². The first-order chi connectivity index (χ1) is 13.0. The van der Waals surface area contributed by atoms with E-state index in [1.165, 1.54) is 0 Å². The number of benzene rings is 2. The van der Waals surface area contributed by atoms with Crippen molar-refractivity contribution in [3.63, 3.8) is 0 Å². The molecule has 0 saturated carbocycles. The second kappa shape index (κ2) is 6.69. The van der Waals surface area contributed by atoms with Crippen LogP contribution < -0.4 is 0 Å². The van der Waals surface area contributed by atoms with Crippen molar-refractivity contribution < 1.29 is 14.7 Å². The van der Waals surface area contributed by atoms with Gasteiger partial charge in [-0.1, -0.05) is 54.1 Å². The van der Waals surface area contributed by atoms with Gasteiger partial charge in [0, 0.05) is 18.4 Å². The fourth-order valence-electron chi connectivity index (χ4n) is 4.43. The summed E-state index contributed by atoms with van der Waals surface area (Å²) in [7, 11) is 0. The highest BCUT2D eigenvalue weighted by Gasteiger charge is 2.52. The fraction of sp³-hybridized carbons (Fsp3) is 0.304. The first-order valence-electron chi connectivity index (χ1n) is 9.38. The zero-order valence-electron chi connectivity index (χ0n) is 15.4. The lowest BCUT2D eigenvalue weighted by atomic mass is 9.90. The lowest BCUT2D eigenvalue weighted by molar-refractivity contribution is -0.150. The Morgan fingerprint density at radius 1 is 1.07 bits per heavy atom. The van der Waals surface area contributed by atoms with Crippen LogP contribution in [0.5, 0.6) is 0 Å². The third-order valence-corrected chi connectivity index (χ3v) is 5.75. The summed E-state index contributed by atoms with van der Waals surface area (Å²) in [4.78, 5) is 27.8. The maximum Gasteiger partial charge on any atom is 0.330 e. The molecule has 4 nitrogen and oxygen atoms in total. The van der Waals surface area contributed by atoms with Gasteiger partial charge in [-0.05, 0) is 43.0 Å². The number of hydrogen-bond donors (Lipinski definition) is 1. The topological polar surface area (TPSA) is 57.6 Å². The van der Waals surface area contributed by atoms with Crippen LogP contribution in [-0.4, -0.2) is 33.5 Å². The van der Waals surface area contributed by atoms with E-state index in [-0.39, 0.29) is 11.9 Å². The van der Waals surface area contributed by atoms with Gasteiger partial charge in [0.2, 0.25) is 0 Å². The normalized spacial score (nSPS) is 19.7. The summed E-state index contributed by atoms with van der Waals surface area (Å²) in [5.74, 6) is -1.13. The molecule has 1 amide bonds. The summed E-state index contributed by atoms with van der Waals surface area (Å²) < 4.78 is 0. The van der Waals surface area contributed by atoms with Gasteiger partial charge in [-0.25, -0.2) is 4.79 Å². The van der Waals surface area contributed by atoms with Crippen molar-refractivity contribution in [1.82, 2.24) is 4.90 Å². The second-order valence-electron chi connectivity index (χ2n) is 7.58. The predicted molar refractivity (Wildman–Crippen MR) is 104 cm³/mol. The summed E-state index contributed by atoms with van der Waals surface area (Å²) >= 11 is 0. The lowest BCUT2D eigenvalue weighted by Gasteiger charge is -2.41. The van der Waals surface area contributed by atoms with Gasteiger partial charge in [0.15, 0.2) is 0 Å². The predicted octanol–water partition coefficient (Wildman–Crippen LogP) is 3.78. The molecule has 1 atom stereocenters. The van der Waals surface area contributed by atoms with Crippen LogP contribution in [0.25, 0.3) is 0 Å². The Morgan fingerprint density at radius 2 is 1.78 bits per heavy atom. The van der Waals surface area contributed by atoms with E-state index in [0.717, 1.165) is 29.5 Å². The Labute approximate surface area is 159 Å². The van der Waals surface area contributed by atoms with Gasteiger partial charge in [0.1, 0.15) is 5.54 Å². The molecule has 0 aliphatic heterocycles. The first-order valence-corrected chi connectivity index (χ1v) is 9.38. The molecule has 2 aliphatic carbocycles. The molecule has 4 rings (SSSR count). The van der Waals surface area contributed by atoms with Crippen LogP contribution in [0.3, 0.4) is 0 Å². The molecule has 1 unspecified atom stereocenters. The van der Waals surface area contributed by atoms with Crippen molar-refractivity contribution in [2.45, 2.75) is 44.2 Å². The average Bonchev–Trinajstić information content (AvgIpc) is 3.30. The summed E-state index contributed by atoms with van der Waals surface area (Å²) in [6, 6.07) is 15.0. The SMILES string of the molecule is Cc1cccc(C(=O)N(C2C=CCC2)C2(C(=O)O)Cc3ccccc3C2)c1. The molecule has 1 N–H and O–H groups in total. The number of carboxylic acid groups (broad SMARTS) is 1. The van der Waals surface area contributed by atoms with Crippen LogP contribution in [0.4, 0.5) is 0 Å². The average molecular weight is 361 g/mol.